The van der Waals surface area contributed by atoms with Gasteiger partial charge in [0.1, 0.15) is 17.1 Å². The van der Waals surface area contributed by atoms with Crippen LogP contribution in [-0.4, -0.2) is 21.0 Å². The van der Waals surface area contributed by atoms with Gasteiger partial charge in [0, 0.05) is 30.1 Å². The summed E-state index contributed by atoms with van der Waals surface area (Å²) >= 11 is 0. The van der Waals surface area contributed by atoms with Crippen LogP contribution in [0.25, 0.3) is 5.65 Å². The fourth-order valence-electron chi connectivity index (χ4n) is 5.11. The van der Waals surface area contributed by atoms with Crippen molar-refractivity contribution in [3.05, 3.63) is 105 Å². The molecule has 0 radical (unpaired) electrons. The normalized spacial score (nSPS) is 15.8. The number of rotatable bonds is 5. The van der Waals surface area contributed by atoms with Crippen molar-refractivity contribution in [1.29, 1.82) is 0 Å². The summed E-state index contributed by atoms with van der Waals surface area (Å²) in [6.45, 7) is 12.4. The Balaban J connectivity index is 1.53. The maximum atomic E-state index is 13.3. The zero-order valence-electron chi connectivity index (χ0n) is 22.8. The Morgan fingerprint density at radius 1 is 1.11 bits per heavy atom. The van der Waals surface area contributed by atoms with Crippen molar-refractivity contribution >= 4 is 23.1 Å². The highest BCUT2D eigenvalue weighted by Crippen LogP contribution is 2.36. The van der Waals surface area contributed by atoms with Crippen LogP contribution in [-0.2, 0) is 11.3 Å². The van der Waals surface area contributed by atoms with Gasteiger partial charge in [-0.25, -0.2) is 9.78 Å². The molecule has 1 aliphatic rings. The Hall–Kier alpha value is -4.13. The van der Waals surface area contributed by atoms with Crippen LogP contribution >= 0.6 is 0 Å². The van der Waals surface area contributed by atoms with Gasteiger partial charge in [0.15, 0.2) is 0 Å². The van der Waals surface area contributed by atoms with Crippen molar-refractivity contribution in [2.75, 3.05) is 10.2 Å². The third-order valence-corrected chi connectivity index (χ3v) is 6.90. The fraction of sp³-hybridized carbons (Fsp3) is 0.323. The summed E-state index contributed by atoms with van der Waals surface area (Å²) < 4.78 is 7.24. The molecule has 0 aliphatic carbocycles. The lowest BCUT2D eigenvalue weighted by Gasteiger charge is -2.25. The molecular weight excluding hydrogens is 476 g/mol. The highest BCUT2D eigenvalue weighted by Gasteiger charge is 2.28. The molecular formula is C31H34N4O3. The predicted molar refractivity (Wildman–Crippen MR) is 151 cm³/mol. The van der Waals surface area contributed by atoms with Gasteiger partial charge in [0.05, 0.1) is 17.6 Å². The average Bonchev–Trinajstić information content (AvgIpc) is 3.19. The summed E-state index contributed by atoms with van der Waals surface area (Å²) in [5.41, 5.74) is 5.31. The van der Waals surface area contributed by atoms with Gasteiger partial charge in [0.25, 0.3) is 5.56 Å². The first kappa shape index (κ1) is 25.5. The maximum absolute atomic E-state index is 13.3. The Bertz CT molecular complexity index is 1580. The van der Waals surface area contributed by atoms with E-state index in [4.69, 9.17) is 9.72 Å². The van der Waals surface area contributed by atoms with Gasteiger partial charge in [-0.2, -0.15) is 0 Å². The Morgan fingerprint density at radius 3 is 2.55 bits per heavy atom. The number of nitrogens with one attached hydrogen (secondary N) is 1. The zero-order valence-corrected chi connectivity index (χ0v) is 22.8. The van der Waals surface area contributed by atoms with Crippen LogP contribution in [0.4, 0.5) is 11.5 Å². The lowest BCUT2D eigenvalue weighted by molar-refractivity contribution is 0.00706. The van der Waals surface area contributed by atoms with Crippen LogP contribution in [0.2, 0.25) is 0 Å². The SMILES string of the molecule is Cc1cc([C@@H](C)Nc2ccccc2C(=O)OC(C)(C)C)c2nc(N3Cc4ccccc4[C@@H]3C)cc(=O)n2c1. The molecule has 0 spiro atoms. The first-order valence-corrected chi connectivity index (χ1v) is 13.0. The van der Waals surface area contributed by atoms with Crippen LogP contribution in [0.15, 0.2) is 71.7 Å². The van der Waals surface area contributed by atoms with Gasteiger partial charge in [-0.05, 0) is 76.4 Å². The third kappa shape index (κ3) is 4.88. The number of benzene rings is 2. The van der Waals surface area contributed by atoms with E-state index in [0.29, 0.717) is 29.3 Å². The minimum absolute atomic E-state index is 0.116. The number of carbonyl (C=O) groups excluding carboxylic acids is 1. The second kappa shape index (κ2) is 9.63. The molecule has 2 aromatic heterocycles. The molecule has 5 rings (SSSR count). The Morgan fingerprint density at radius 2 is 1.82 bits per heavy atom. The summed E-state index contributed by atoms with van der Waals surface area (Å²) in [7, 11) is 0. The molecule has 4 aromatic rings. The molecule has 0 amide bonds. The molecule has 0 saturated heterocycles. The van der Waals surface area contributed by atoms with E-state index in [-0.39, 0.29) is 23.6 Å². The van der Waals surface area contributed by atoms with Gasteiger partial charge in [-0.3, -0.25) is 9.20 Å². The number of ether oxygens (including phenoxy) is 1. The third-order valence-electron chi connectivity index (χ3n) is 6.90. The van der Waals surface area contributed by atoms with E-state index in [1.54, 1.807) is 16.5 Å². The highest BCUT2D eigenvalue weighted by molar-refractivity contribution is 5.96. The molecule has 7 nitrogen and oxygen atoms in total. The lowest BCUT2D eigenvalue weighted by Crippen LogP contribution is -2.26. The van der Waals surface area contributed by atoms with Crippen molar-refractivity contribution in [3.8, 4) is 0 Å². The van der Waals surface area contributed by atoms with E-state index >= 15 is 0 Å². The number of hydrogen-bond acceptors (Lipinski definition) is 6. The first-order chi connectivity index (χ1) is 18.0. The summed E-state index contributed by atoms with van der Waals surface area (Å²) in [5.74, 6) is 0.270. The number of aryl methyl sites for hydroxylation is 1. The molecule has 7 heteroatoms. The van der Waals surface area contributed by atoms with Gasteiger partial charge in [-0.1, -0.05) is 36.4 Å². The number of aromatic nitrogens is 2. The molecule has 2 atom stereocenters. The molecule has 1 N–H and O–H groups in total. The molecule has 1 aliphatic heterocycles. The zero-order chi connectivity index (χ0) is 27.2. The van der Waals surface area contributed by atoms with Gasteiger partial charge < -0.3 is 15.0 Å². The number of esters is 1. The van der Waals surface area contributed by atoms with Crippen LogP contribution in [0.5, 0.6) is 0 Å². The molecule has 0 fully saturated rings. The number of fused-ring (bicyclic) bond motifs is 2. The molecule has 0 saturated carbocycles. The number of anilines is 2. The van der Waals surface area contributed by atoms with E-state index in [1.165, 1.54) is 11.1 Å². The molecule has 3 heterocycles. The number of carbonyl (C=O) groups is 1. The second-order valence-electron chi connectivity index (χ2n) is 11.0. The summed E-state index contributed by atoms with van der Waals surface area (Å²) in [4.78, 5) is 33.4. The molecule has 2 aromatic carbocycles. The topological polar surface area (TPSA) is 75.9 Å². The van der Waals surface area contributed by atoms with Gasteiger partial charge in [-0.15, -0.1) is 0 Å². The minimum atomic E-state index is -0.601. The van der Waals surface area contributed by atoms with Crippen molar-refractivity contribution in [1.82, 2.24) is 9.38 Å². The first-order valence-electron chi connectivity index (χ1n) is 13.0. The standard InChI is InChI=1S/C31H34N4O3/c1-19-15-25(20(2)32-26-14-10-9-13-24(26)30(37)38-31(4,5)6)29-33-27(16-28(36)35(29)17-19)34-18-22-11-7-8-12-23(22)21(34)3/h7-17,20-21,32H,18H2,1-6H3/t20-,21+/m1/s1. The van der Waals surface area contributed by atoms with Crippen LogP contribution in [0.3, 0.4) is 0 Å². The molecule has 0 bridgehead atoms. The van der Waals surface area contributed by atoms with E-state index in [0.717, 1.165) is 11.1 Å². The molecule has 0 unspecified atom stereocenters. The lowest BCUT2D eigenvalue weighted by atomic mass is 10.1. The van der Waals surface area contributed by atoms with E-state index in [1.807, 2.05) is 77.2 Å². The van der Waals surface area contributed by atoms with Crippen molar-refractivity contribution in [2.45, 2.75) is 65.8 Å². The quantitative estimate of drug-likeness (QED) is 0.322. The molecule has 38 heavy (non-hydrogen) atoms. The van der Waals surface area contributed by atoms with Gasteiger partial charge in [0.2, 0.25) is 0 Å². The van der Waals surface area contributed by atoms with Crippen LogP contribution in [0.1, 0.15) is 79.3 Å². The van der Waals surface area contributed by atoms with Crippen molar-refractivity contribution < 1.29 is 9.53 Å². The number of nitrogens with zero attached hydrogens (tertiary/aromatic N) is 3. The van der Waals surface area contributed by atoms with Crippen LogP contribution < -0.4 is 15.8 Å². The number of pyridine rings is 1. The van der Waals surface area contributed by atoms with Crippen LogP contribution in [0, 0.1) is 6.92 Å². The molecule has 196 valence electrons. The average molecular weight is 511 g/mol. The highest BCUT2D eigenvalue weighted by atomic mass is 16.6. The van der Waals surface area contributed by atoms with Gasteiger partial charge >= 0.3 is 5.97 Å². The number of para-hydroxylation sites is 1. The van der Waals surface area contributed by atoms with E-state index in [2.05, 4.69) is 29.3 Å². The minimum Gasteiger partial charge on any atom is -0.456 e. The van der Waals surface area contributed by atoms with E-state index < -0.39 is 5.60 Å². The Kier molecular flexibility index (Phi) is 6.47. The smallest absolute Gasteiger partial charge is 0.340 e. The predicted octanol–water partition coefficient (Wildman–Crippen LogP) is 6.21. The maximum Gasteiger partial charge on any atom is 0.340 e. The second-order valence-corrected chi connectivity index (χ2v) is 11.0. The van der Waals surface area contributed by atoms with Crippen molar-refractivity contribution in [2.24, 2.45) is 0 Å². The van der Waals surface area contributed by atoms with Crippen molar-refractivity contribution in [3.63, 3.8) is 0 Å². The number of hydrogen-bond donors (Lipinski definition) is 1. The summed E-state index contributed by atoms with van der Waals surface area (Å²) in [6, 6.07) is 19.2. The largest absolute Gasteiger partial charge is 0.456 e. The summed E-state index contributed by atoms with van der Waals surface area (Å²) in [6.07, 6.45) is 1.82. The fourth-order valence-corrected chi connectivity index (χ4v) is 5.11. The summed E-state index contributed by atoms with van der Waals surface area (Å²) in [5, 5.41) is 3.47. The van der Waals surface area contributed by atoms with E-state index in [9.17, 15) is 9.59 Å². The monoisotopic (exact) mass is 510 g/mol. The Labute approximate surface area is 223 Å².